The molecule has 25 heavy (non-hydrogen) atoms. The molecule has 0 fully saturated rings. The summed E-state index contributed by atoms with van der Waals surface area (Å²) < 4.78 is 15.1. The fourth-order valence-corrected chi connectivity index (χ4v) is 3.41. The van der Waals surface area contributed by atoms with Gasteiger partial charge in [-0.1, -0.05) is 23.7 Å². The van der Waals surface area contributed by atoms with Crippen LogP contribution >= 0.6 is 11.6 Å². The first kappa shape index (κ1) is 16.2. The molecule has 0 aliphatic carbocycles. The number of fused-ring (bicyclic) bond motifs is 1. The van der Waals surface area contributed by atoms with Crippen molar-refractivity contribution in [2.75, 3.05) is 11.9 Å². The van der Waals surface area contributed by atoms with Crippen LogP contribution in [0, 0.1) is 5.82 Å². The average Bonchev–Trinajstić information content (AvgIpc) is 2.80. The highest BCUT2D eigenvalue weighted by atomic mass is 35.5. The lowest BCUT2D eigenvalue weighted by atomic mass is 10.0. The van der Waals surface area contributed by atoms with Crippen LogP contribution in [-0.4, -0.2) is 16.3 Å². The highest BCUT2D eigenvalue weighted by Gasteiger charge is 2.20. The summed E-state index contributed by atoms with van der Waals surface area (Å²) in [5.41, 5.74) is 4.36. The zero-order chi connectivity index (χ0) is 17.2. The van der Waals surface area contributed by atoms with Crippen LogP contribution in [0.1, 0.15) is 29.7 Å². The van der Waals surface area contributed by atoms with Crippen LogP contribution < -0.4 is 5.32 Å². The van der Waals surface area contributed by atoms with Crippen molar-refractivity contribution >= 4 is 17.4 Å². The second-order valence-electron chi connectivity index (χ2n) is 6.35. The fraction of sp³-hybridized carbons (Fsp3) is 0.250. The molecule has 1 N–H and O–H groups in total. The third kappa shape index (κ3) is 3.40. The number of nitrogens with zero attached hydrogens (tertiary/aromatic N) is 2. The van der Waals surface area contributed by atoms with Gasteiger partial charge in [-0.15, -0.1) is 0 Å². The summed E-state index contributed by atoms with van der Waals surface area (Å²) in [6, 6.07) is 14.4. The van der Waals surface area contributed by atoms with Gasteiger partial charge in [0.15, 0.2) is 0 Å². The monoisotopic (exact) mass is 355 g/mol. The van der Waals surface area contributed by atoms with E-state index in [-0.39, 0.29) is 5.82 Å². The maximum absolute atomic E-state index is 13.2. The summed E-state index contributed by atoms with van der Waals surface area (Å²) >= 11 is 6.02. The first-order valence-corrected chi connectivity index (χ1v) is 8.93. The highest BCUT2D eigenvalue weighted by molar-refractivity contribution is 6.30. The SMILES string of the molecule is Fc1ccc(Cc2nn(-c3ccc(Cl)cc3)c3c2CCCCN3)cc1. The number of anilines is 1. The third-order valence-electron chi connectivity index (χ3n) is 4.57. The van der Waals surface area contributed by atoms with Crippen molar-refractivity contribution in [1.82, 2.24) is 9.78 Å². The summed E-state index contributed by atoms with van der Waals surface area (Å²) in [6.07, 6.45) is 3.99. The maximum atomic E-state index is 13.2. The molecular formula is C20H19ClFN3. The molecule has 4 rings (SSSR count). The maximum Gasteiger partial charge on any atom is 0.133 e. The normalized spacial score (nSPS) is 13.8. The highest BCUT2D eigenvalue weighted by Crippen LogP contribution is 2.29. The van der Waals surface area contributed by atoms with Gasteiger partial charge in [0.05, 0.1) is 11.4 Å². The number of benzene rings is 2. The topological polar surface area (TPSA) is 29.9 Å². The lowest BCUT2D eigenvalue weighted by Gasteiger charge is -2.09. The van der Waals surface area contributed by atoms with E-state index in [0.29, 0.717) is 11.4 Å². The summed E-state index contributed by atoms with van der Waals surface area (Å²) in [6.45, 7) is 0.947. The zero-order valence-electron chi connectivity index (χ0n) is 13.8. The summed E-state index contributed by atoms with van der Waals surface area (Å²) in [4.78, 5) is 0. The Morgan fingerprint density at radius 2 is 1.80 bits per heavy atom. The Bertz CT molecular complexity index is 869. The molecule has 0 radical (unpaired) electrons. The lowest BCUT2D eigenvalue weighted by Crippen LogP contribution is -2.07. The van der Waals surface area contributed by atoms with Gasteiger partial charge in [0, 0.05) is 23.6 Å². The Labute approximate surface area is 151 Å². The van der Waals surface area contributed by atoms with E-state index >= 15 is 0 Å². The Morgan fingerprint density at radius 1 is 1.04 bits per heavy atom. The van der Waals surface area contributed by atoms with E-state index in [4.69, 9.17) is 16.7 Å². The molecule has 1 aliphatic heterocycles. The third-order valence-corrected chi connectivity index (χ3v) is 4.82. The van der Waals surface area contributed by atoms with Crippen LogP contribution in [-0.2, 0) is 12.8 Å². The van der Waals surface area contributed by atoms with Crippen molar-refractivity contribution in [3.05, 3.63) is 76.2 Å². The molecule has 2 aromatic carbocycles. The van der Waals surface area contributed by atoms with Crippen LogP contribution in [0.4, 0.5) is 10.2 Å². The van der Waals surface area contributed by atoms with Gasteiger partial charge < -0.3 is 5.32 Å². The molecule has 2 heterocycles. The summed E-state index contributed by atoms with van der Waals surface area (Å²) in [7, 11) is 0. The lowest BCUT2D eigenvalue weighted by molar-refractivity contribution is 0.627. The minimum atomic E-state index is -0.212. The number of rotatable bonds is 3. The number of halogens is 2. The van der Waals surface area contributed by atoms with E-state index in [1.54, 1.807) is 0 Å². The van der Waals surface area contributed by atoms with Crippen molar-refractivity contribution in [2.24, 2.45) is 0 Å². The van der Waals surface area contributed by atoms with E-state index < -0.39 is 0 Å². The molecule has 3 nitrogen and oxygen atoms in total. The van der Waals surface area contributed by atoms with Crippen LogP contribution in [0.3, 0.4) is 0 Å². The Balaban J connectivity index is 1.76. The predicted molar refractivity (Wildman–Crippen MR) is 99.2 cm³/mol. The van der Waals surface area contributed by atoms with Crippen LogP contribution in [0.15, 0.2) is 48.5 Å². The number of aromatic nitrogens is 2. The quantitative estimate of drug-likeness (QED) is 0.716. The second kappa shape index (κ2) is 6.89. The largest absolute Gasteiger partial charge is 0.370 e. The summed E-state index contributed by atoms with van der Waals surface area (Å²) in [5, 5.41) is 9.11. The van der Waals surface area contributed by atoms with Crippen molar-refractivity contribution < 1.29 is 4.39 Å². The van der Waals surface area contributed by atoms with E-state index in [0.717, 1.165) is 48.6 Å². The molecule has 0 saturated heterocycles. The minimum absolute atomic E-state index is 0.212. The molecule has 3 aromatic rings. The first-order valence-electron chi connectivity index (χ1n) is 8.56. The molecule has 128 valence electrons. The van der Waals surface area contributed by atoms with Crippen LogP contribution in [0.25, 0.3) is 5.69 Å². The molecule has 0 spiro atoms. The van der Waals surface area contributed by atoms with Crippen molar-refractivity contribution in [2.45, 2.75) is 25.7 Å². The molecular weight excluding hydrogens is 337 g/mol. The summed E-state index contributed by atoms with van der Waals surface area (Å²) in [5.74, 6) is 0.855. The molecule has 0 bridgehead atoms. The van der Waals surface area contributed by atoms with Crippen molar-refractivity contribution in [3.8, 4) is 5.69 Å². The van der Waals surface area contributed by atoms with E-state index in [9.17, 15) is 4.39 Å². The van der Waals surface area contributed by atoms with Crippen LogP contribution in [0.2, 0.25) is 5.02 Å². The molecule has 0 unspecified atom stereocenters. The van der Waals surface area contributed by atoms with Gasteiger partial charge in [-0.25, -0.2) is 9.07 Å². The number of hydrogen-bond donors (Lipinski definition) is 1. The molecule has 1 aromatic heterocycles. The van der Waals surface area contributed by atoms with Gasteiger partial charge >= 0.3 is 0 Å². The van der Waals surface area contributed by atoms with Gasteiger partial charge in [-0.05, 0) is 61.2 Å². The van der Waals surface area contributed by atoms with Gasteiger partial charge in [0.2, 0.25) is 0 Å². The predicted octanol–water partition coefficient (Wildman–Crippen LogP) is 5.00. The Kier molecular flexibility index (Phi) is 4.45. The molecule has 1 aliphatic rings. The molecule has 0 amide bonds. The fourth-order valence-electron chi connectivity index (χ4n) is 3.28. The van der Waals surface area contributed by atoms with Gasteiger partial charge in [-0.3, -0.25) is 0 Å². The number of hydrogen-bond acceptors (Lipinski definition) is 2. The minimum Gasteiger partial charge on any atom is -0.370 e. The zero-order valence-corrected chi connectivity index (χ0v) is 14.6. The Morgan fingerprint density at radius 3 is 2.56 bits per heavy atom. The van der Waals surface area contributed by atoms with Gasteiger partial charge in [0.25, 0.3) is 0 Å². The number of nitrogens with one attached hydrogen (secondary N) is 1. The molecule has 0 saturated carbocycles. The van der Waals surface area contributed by atoms with E-state index in [2.05, 4.69) is 5.32 Å². The molecule has 5 heteroatoms. The standard InChI is InChI=1S/C20H19ClFN3/c21-15-6-10-17(11-7-15)25-20-18(3-1-2-12-23-20)19(24-25)13-14-4-8-16(22)9-5-14/h4-11,23H,1-3,12-13H2. The van der Waals surface area contributed by atoms with Gasteiger partial charge in [-0.2, -0.15) is 5.10 Å². The van der Waals surface area contributed by atoms with Crippen molar-refractivity contribution in [1.29, 1.82) is 0 Å². The van der Waals surface area contributed by atoms with Crippen molar-refractivity contribution in [3.63, 3.8) is 0 Å². The molecule has 0 atom stereocenters. The smallest absolute Gasteiger partial charge is 0.133 e. The van der Waals surface area contributed by atoms with E-state index in [1.807, 2.05) is 41.1 Å². The second-order valence-corrected chi connectivity index (χ2v) is 6.79. The van der Waals surface area contributed by atoms with E-state index in [1.165, 1.54) is 17.7 Å². The van der Waals surface area contributed by atoms with Crippen LogP contribution in [0.5, 0.6) is 0 Å². The Hall–Kier alpha value is -2.33. The van der Waals surface area contributed by atoms with Gasteiger partial charge in [0.1, 0.15) is 11.6 Å². The average molecular weight is 356 g/mol. The first-order chi connectivity index (χ1) is 12.2.